The van der Waals surface area contributed by atoms with Crippen molar-refractivity contribution < 1.29 is 19.1 Å². The van der Waals surface area contributed by atoms with Crippen molar-refractivity contribution in [2.24, 2.45) is 0 Å². The summed E-state index contributed by atoms with van der Waals surface area (Å²) < 4.78 is 6.05. The van der Waals surface area contributed by atoms with Crippen LogP contribution in [0.2, 0.25) is 0 Å². The Balaban J connectivity index is 1.72. The largest absolute Gasteiger partial charge is 0.451 e. The molecule has 0 aliphatic carbocycles. The first-order valence-electron chi connectivity index (χ1n) is 7.07. The summed E-state index contributed by atoms with van der Waals surface area (Å²) >= 11 is 0. The number of carbonyl (C=O) groups is 3. The number of ether oxygens (including phenoxy) is 1. The molecule has 0 fully saturated rings. The van der Waals surface area contributed by atoms with Crippen LogP contribution in [0.1, 0.15) is 12.5 Å². The molecule has 2 rings (SSSR count). The number of aromatic nitrogens is 4. The highest BCUT2D eigenvalue weighted by atomic mass is 16.5. The van der Waals surface area contributed by atoms with Gasteiger partial charge in [-0.15, -0.1) is 5.10 Å². The molecule has 0 spiro atoms. The molecular weight excluding hydrogens is 316 g/mol. The molecule has 2 N–H and O–H groups in total. The van der Waals surface area contributed by atoms with Gasteiger partial charge in [-0.3, -0.25) is 14.9 Å². The number of amides is 3. The van der Waals surface area contributed by atoms with Gasteiger partial charge < -0.3 is 10.1 Å². The summed E-state index contributed by atoms with van der Waals surface area (Å²) in [4.78, 5) is 35.1. The van der Waals surface area contributed by atoms with Gasteiger partial charge in [0, 0.05) is 6.54 Å². The normalized spacial score (nSPS) is 11.4. The van der Waals surface area contributed by atoms with Crippen molar-refractivity contribution in [2.75, 3.05) is 0 Å². The van der Waals surface area contributed by atoms with E-state index >= 15 is 0 Å². The van der Waals surface area contributed by atoms with Crippen LogP contribution in [-0.4, -0.2) is 44.2 Å². The van der Waals surface area contributed by atoms with Gasteiger partial charge >= 0.3 is 12.0 Å². The predicted octanol–water partition coefficient (Wildman–Crippen LogP) is -0.369. The number of benzene rings is 1. The Morgan fingerprint density at radius 2 is 2.00 bits per heavy atom. The average Bonchev–Trinajstić information content (AvgIpc) is 3.06. The lowest BCUT2D eigenvalue weighted by molar-refractivity contribution is -0.155. The second kappa shape index (κ2) is 8.36. The fourth-order valence-electron chi connectivity index (χ4n) is 1.71. The van der Waals surface area contributed by atoms with Crippen molar-refractivity contribution >= 4 is 17.9 Å². The van der Waals surface area contributed by atoms with Gasteiger partial charge in [0.2, 0.25) is 0 Å². The van der Waals surface area contributed by atoms with Gasteiger partial charge in [-0.2, -0.15) is 0 Å². The first-order valence-corrected chi connectivity index (χ1v) is 7.07. The quantitative estimate of drug-likeness (QED) is 0.691. The number of hydrogen-bond acceptors (Lipinski definition) is 7. The number of esters is 1. The van der Waals surface area contributed by atoms with Crippen LogP contribution >= 0.6 is 0 Å². The minimum atomic E-state index is -1.13. The molecule has 10 heteroatoms. The van der Waals surface area contributed by atoms with Crippen molar-refractivity contribution in [1.29, 1.82) is 0 Å². The number of nitrogens with one attached hydrogen (secondary N) is 2. The van der Waals surface area contributed by atoms with Crippen LogP contribution in [0.25, 0.3) is 0 Å². The fourth-order valence-corrected chi connectivity index (χ4v) is 1.71. The summed E-state index contributed by atoms with van der Waals surface area (Å²) in [5.41, 5.74) is 0.890. The second-order valence-electron chi connectivity index (χ2n) is 4.80. The van der Waals surface area contributed by atoms with E-state index < -0.39 is 24.0 Å². The molecule has 0 aliphatic heterocycles. The molecule has 0 saturated carbocycles. The number of imide groups is 1. The standard InChI is InChI=1S/C14H16N6O4/c1-10(24-12(21)8-20-9-16-18-19-20)13(22)17-14(23)15-7-11-5-3-2-4-6-11/h2-6,9-10H,7-8H2,1H3,(H2,15,17,22,23)/t10-/m1/s1. The van der Waals surface area contributed by atoms with Gasteiger partial charge in [-0.25, -0.2) is 9.48 Å². The van der Waals surface area contributed by atoms with E-state index in [4.69, 9.17) is 4.74 Å². The first kappa shape index (κ1) is 17.1. The minimum absolute atomic E-state index is 0.231. The maximum Gasteiger partial charge on any atom is 0.328 e. The minimum Gasteiger partial charge on any atom is -0.451 e. The third-order valence-electron chi connectivity index (χ3n) is 2.89. The molecule has 0 saturated heterocycles. The second-order valence-corrected chi connectivity index (χ2v) is 4.80. The Morgan fingerprint density at radius 1 is 1.25 bits per heavy atom. The van der Waals surface area contributed by atoms with E-state index in [1.54, 1.807) is 0 Å². The molecule has 1 aromatic carbocycles. The number of nitrogens with zero attached hydrogens (tertiary/aromatic N) is 4. The first-order chi connectivity index (χ1) is 11.5. The Labute approximate surface area is 137 Å². The third-order valence-corrected chi connectivity index (χ3v) is 2.89. The van der Waals surface area contributed by atoms with Crippen LogP contribution in [-0.2, 0) is 27.4 Å². The number of rotatable bonds is 6. The van der Waals surface area contributed by atoms with Gasteiger partial charge in [0.15, 0.2) is 6.10 Å². The van der Waals surface area contributed by atoms with Crippen molar-refractivity contribution in [2.45, 2.75) is 26.1 Å². The number of urea groups is 1. The number of tetrazole rings is 1. The van der Waals surface area contributed by atoms with Crippen LogP contribution in [0.5, 0.6) is 0 Å². The summed E-state index contributed by atoms with van der Waals surface area (Å²) in [5, 5.41) is 14.9. The molecule has 2 aromatic rings. The van der Waals surface area contributed by atoms with Gasteiger partial charge in [0.25, 0.3) is 5.91 Å². The lowest BCUT2D eigenvalue weighted by Gasteiger charge is -2.13. The van der Waals surface area contributed by atoms with Crippen LogP contribution in [0.3, 0.4) is 0 Å². The summed E-state index contributed by atoms with van der Waals surface area (Å²) in [7, 11) is 0. The van der Waals surface area contributed by atoms with E-state index in [1.807, 2.05) is 30.3 Å². The average molecular weight is 332 g/mol. The highest BCUT2D eigenvalue weighted by Gasteiger charge is 2.20. The lowest BCUT2D eigenvalue weighted by Crippen LogP contribution is -2.44. The van der Waals surface area contributed by atoms with Crippen LogP contribution < -0.4 is 10.6 Å². The van der Waals surface area contributed by atoms with Gasteiger partial charge in [0.1, 0.15) is 12.9 Å². The van der Waals surface area contributed by atoms with E-state index in [-0.39, 0.29) is 13.1 Å². The fraction of sp³-hybridized carbons (Fsp3) is 0.286. The smallest absolute Gasteiger partial charge is 0.328 e. The Kier molecular flexibility index (Phi) is 5.95. The Bertz CT molecular complexity index is 689. The lowest BCUT2D eigenvalue weighted by atomic mass is 10.2. The molecule has 24 heavy (non-hydrogen) atoms. The van der Waals surface area contributed by atoms with Gasteiger partial charge in [0.05, 0.1) is 0 Å². The molecule has 1 aromatic heterocycles. The molecule has 3 amide bonds. The molecule has 1 atom stereocenters. The summed E-state index contributed by atoms with van der Waals surface area (Å²) in [6, 6.07) is 8.54. The number of carbonyl (C=O) groups excluding carboxylic acids is 3. The highest BCUT2D eigenvalue weighted by molar-refractivity contribution is 5.97. The molecule has 0 bridgehead atoms. The SMILES string of the molecule is C[C@@H](OC(=O)Cn1cnnn1)C(=O)NC(=O)NCc1ccccc1. The maximum atomic E-state index is 11.8. The Hall–Kier alpha value is -3.30. The van der Waals surface area contributed by atoms with Crippen molar-refractivity contribution in [1.82, 2.24) is 30.8 Å². The van der Waals surface area contributed by atoms with E-state index in [9.17, 15) is 14.4 Å². The van der Waals surface area contributed by atoms with Crippen LogP contribution in [0.15, 0.2) is 36.7 Å². The summed E-state index contributed by atoms with van der Waals surface area (Å²) in [6.07, 6.45) is 0.111. The van der Waals surface area contributed by atoms with Gasteiger partial charge in [-0.05, 0) is 22.9 Å². The van der Waals surface area contributed by atoms with E-state index in [0.29, 0.717) is 0 Å². The molecular formula is C14H16N6O4. The summed E-state index contributed by atoms with van der Waals surface area (Å²) in [5.74, 6) is -1.43. The van der Waals surface area contributed by atoms with Crippen molar-refractivity contribution in [3.63, 3.8) is 0 Å². The van der Waals surface area contributed by atoms with Crippen LogP contribution in [0.4, 0.5) is 4.79 Å². The molecule has 0 unspecified atom stereocenters. The zero-order chi connectivity index (χ0) is 17.4. The monoisotopic (exact) mass is 332 g/mol. The molecule has 1 heterocycles. The Morgan fingerprint density at radius 3 is 2.67 bits per heavy atom. The number of hydrogen-bond donors (Lipinski definition) is 2. The highest BCUT2D eigenvalue weighted by Crippen LogP contribution is 1.97. The summed E-state index contributed by atoms with van der Waals surface area (Å²) in [6.45, 7) is 1.40. The third kappa shape index (κ3) is 5.48. The van der Waals surface area contributed by atoms with Gasteiger partial charge in [-0.1, -0.05) is 30.3 Å². The van der Waals surface area contributed by atoms with Crippen molar-refractivity contribution in [3.05, 3.63) is 42.2 Å². The topological polar surface area (TPSA) is 128 Å². The predicted molar refractivity (Wildman–Crippen MR) is 80.2 cm³/mol. The van der Waals surface area contributed by atoms with E-state index in [2.05, 4.69) is 26.2 Å². The van der Waals surface area contributed by atoms with E-state index in [1.165, 1.54) is 13.3 Å². The van der Waals surface area contributed by atoms with Crippen molar-refractivity contribution in [3.8, 4) is 0 Å². The van der Waals surface area contributed by atoms with E-state index in [0.717, 1.165) is 10.2 Å². The molecule has 10 nitrogen and oxygen atoms in total. The molecule has 126 valence electrons. The molecule has 0 aliphatic rings. The zero-order valence-corrected chi connectivity index (χ0v) is 12.9. The van der Waals surface area contributed by atoms with Crippen LogP contribution in [0, 0.1) is 0 Å². The molecule has 0 radical (unpaired) electrons. The maximum absolute atomic E-state index is 11.8. The zero-order valence-electron chi connectivity index (χ0n) is 12.9.